The Morgan fingerprint density at radius 2 is 1.71 bits per heavy atom. The van der Waals surface area contributed by atoms with Crippen molar-refractivity contribution in [2.75, 3.05) is 6.54 Å². The van der Waals surface area contributed by atoms with Crippen molar-refractivity contribution < 1.29 is 9.90 Å². The lowest BCUT2D eigenvalue weighted by Crippen LogP contribution is -2.35. The number of carbonyl (C=O) groups is 1. The van der Waals surface area contributed by atoms with Gasteiger partial charge in [0.05, 0.1) is 0 Å². The van der Waals surface area contributed by atoms with Crippen LogP contribution in [-0.2, 0) is 11.2 Å². The first kappa shape index (κ1) is 17.0. The van der Waals surface area contributed by atoms with Crippen LogP contribution in [0.1, 0.15) is 17.2 Å². The highest BCUT2D eigenvalue weighted by molar-refractivity contribution is 5.85. The fourth-order valence-corrected chi connectivity index (χ4v) is 1.98. The fraction of sp³-hybridized carbons (Fsp3) is 0.188. The Balaban J connectivity index is 0.00000220. The lowest BCUT2D eigenvalue weighted by Gasteiger charge is -2.13. The van der Waals surface area contributed by atoms with Gasteiger partial charge in [0, 0.05) is 12.1 Å². The minimum Gasteiger partial charge on any atom is -0.508 e. The van der Waals surface area contributed by atoms with Crippen LogP contribution in [0.5, 0.6) is 5.75 Å². The van der Waals surface area contributed by atoms with Crippen LogP contribution in [0.15, 0.2) is 54.6 Å². The van der Waals surface area contributed by atoms with Crippen LogP contribution in [-0.4, -0.2) is 17.6 Å². The Kier molecular flexibility index (Phi) is 6.72. The summed E-state index contributed by atoms with van der Waals surface area (Å²) < 4.78 is 0. The van der Waals surface area contributed by atoms with E-state index < -0.39 is 6.04 Å². The average molecular weight is 307 g/mol. The van der Waals surface area contributed by atoms with Gasteiger partial charge in [0.2, 0.25) is 5.91 Å². The van der Waals surface area contributed by atoms with Gasteiger partial charge in [0.1, 0.15) is 11.8 Å². The quantitative estimate of drug-likeness (QED) is 0.792. The van der Waals surface area contributed by atoms with Gasteiger partial charge in [0.25, 0.3) is 0 Å². The molecule has 112 valence electrons. The molecule has 0 aliphatic rings. The lowest BCUT2D eigenvalue weighted by molar-refractivity contribution is -0.122. The molecule has 0 aliphatic carbocycles. The van der Waals surface area contributed by atoms with Crippen LogP contribution in [0.2, 0.25) is 0 Å². The largest absolute Gasteiger partial charge is 0.508 e. The standard InChI is InChI=1S/C16H18N2O2.ClH/c17-15(13-8-4-5-9-14(13)19)16(20)18-11-10-12-6-2-1-3-7-12;/h1-9,15,19H,10-11,17H2,(H,18,20);1H. The van der Waals surface area contributed by atoms with Gasteiger partial charge in [0.15, 0.2) is 0 Å². The molecule has 1 atom stereocenters. The summed E-state index contributed by atoms with van der Waals surface area (Å²) in [5.74, 6) is -0.249. The molecule has 4 nitrogen and oxygen atoms in total. The first-order valence-electron chi connectivity index (χ1n) is 6.53. The molecule has 0 radical (unpaired) electrons. The second kappa shape index (κ2) is 8.29. The fourth-order valence-electron chi connectivity index (χ4n) is 1.98. The smallest absolute Gasteiger partial charge is 0.241 e. The summed E-state index contributed by atoms with van der Waals surface area (Å²) in [5.41, 5.74) is 7.44. The van der Waals surface area contributed by atoms with Crippen LogP contribution in [0.3, 0.4) is 0 Å². The summed E-state index contributed by atoms with van der Waals surface area (Å²) in [4.78, 5) is 11.9. The average Bonchev–Trinajstić information content (AvgIpc) is 2.48. The molecule has 21 heavy (non-hydrogen) atoms. The molecule has 0 fully saturated rings. The lowest BCUT2D eigenvalue weighted by atomic mass is 10.1. The van der Waals surface area contributed by atoms with E-state index in [4.69, 9.17) is 5.73 Å². The Bertz CT molecular complexity index is 575. The van der Waals surface area contributed by atoms with Crippen molar-refractivity contribution in [3.63, 3.8) is 0 Å². The molecule has 2 aromatic rings. The molecule has 0 aliphatic heterocycles. The van der Waals surface area contributed by atoms with Gasteiger partial charge >= 0.3 is 0 Å². The first-order valence-corrected chi connectivity index (χ1v) is 6.53. The van der Waals surface area contributed by atoms with Gasteiger partial charge in [-0.25, -0.2) is 0 Å². The number of phenols is 1. The monoisotopic (exact) mass is 306 g/mol. The normalized spacial score (nSPS) is 11.3. The highest BCUT2D eigenvalue weighted by Gasteiger charge is 2.17. The van der Waals surface area contributed by atoms with Crippen LogP contribution in [0.25, 0.3) is 0 Å². The second-order valence-corrected chi connectivity index (χ2v) is 4.56. The van der Waals surface area contributed by atoms with Crippen molar-refractivity contribution in [2.24, 2.45) is 5.73 Å². The summed E-state index contributed by atoms with van der Waals surface area (Å²) in [6, 6.07) is 15.6. The minimum atomic E-state index is -0.855. The number of para-hydroxylation sites is 1. The maximum atomic E-state index is 11.9. The number of aromatic hydroxyl groups is 1. The maximum absolute atomic E-state index is 11.9. The molecule has 2 rings (SSSR count). The zero-order chi connectivity index (χ0) is 14.4. The number of amides is 1. The summed E-state index contributed by atoms with van der Waals surface area (Å²) >= 11 is 0. The van der Waals surface area contributed by atoms with E-state index >= 15 is 0 Å². The van der Waals surface area contributed by atoms with E-state index in [1.807, 2.05) is 30.3 Å². The number of halogens is 1. The van der Waals surface area contributed by atoms with Gasteiger partial charge in [-0.2, -0.15) is 0 Å². The molecule has 1 amide bonds. The van der Waals surface area contributed by atoms with E-state index in [-0.39, 0.29) is 24.1 Å². The molecule has 1 unspecified atom stereocenters. The van der Waals surface area contributed by atoms with Crippen molar-refractivity contribution in [2.45, 2.75) is 12.5 Å². The van der Waals surface area contributed by atoms with E-state index in [1.165, 1.54) is 6.07 Å². The van der Waals surface area contributed by atoms with E-state index in [1.54, 1.807) is 18.2 Å². The molecule has 0 aromatic heterocycles. The van der Waals surface area contributed by atoms with Crippen molar-refractivity contribution in [3.05, 3.63) is 65.7 Å². The van der Waals surface area contributed by atoms with Crippen molar-refractivity contribution in [1.82, 2.24) is 5.32 Å². The zero-order valence-electron chi connectivity index (χ0n) is 11.5. The van der Waals surface area contributed by atoms with Gasteiger partial charge in [-0.3, -0.25) is 4.79 Å². The number of rotatable bonds is 5. The van der Waals surface area contributed by atoms with Gasteiger partial charge in [-0.05, 0) is 18.1 Å². The van der Waals surface area contributed by atoms with Crippen molar-refractivity contribution in [1.29, 1.82) is 0 Å². The molecule has 0 spiro atoms. The van der Waals surface area contributed by atoms with E-state index in [2.05, 4.69) is 5.32 Å². The third-order valence-corrected chi connectivity index (χ3v) is 3.11. The first-order chi connectivity index (χ1) is 9.68. The Morgan fingerprint density at radius 3 is 2.38 bits per heavy atom. The number of hydrogen-bond acceptors (Lipinski definition) is 3. The van der Waals surface area contributed by atoms with Crippen molar-refractivity contribution >= 4 is 18.3 Å². The van der Waals surface area contributed by atoms with Crippen LogP contribution in [0, 0.1) is 0 Å². The molecule has 5 heteroatoms. The number of carbonyl (C=O) groups excluding carboxylic acids is 1. The summed E-state index contributed by atoms with van der Waals surface area (Å²) in [7, 11) is 0. The van der Waals surface area contributed by atoms with Crippen LogP contribution < -0.4 is 11.1 Å². The Labute approximate surface area is 130 Å². The Hall–Kier alpha value is -2.04. The van der Waals surface area contributed by atoms with Crippen LogP contribution in [0.4, 0.5) is 0 Å². The summed E-state index contributed by atoms with van der Waals surface area (Å²) in [6.45, 7) is 0.518. The second-order valence-electron chi connectivity index (χ2n) is 4.56. The molecule has 0 saturated heterocycles. The predicted molar refractivity (Wildman–Crippen MR) is 85.4 cm³/mol. The number of hydrogen-bond donors (Lipinski definition) is 3. The number of benzene rings is 2. The molecule has 0 saturated carbocycles. The number of nitrogens with one attached hydrogen (secondary N) is 1. The molecule has 0 bridgehead atoms. The van der Waals surface area contributed by atoms with Gasteiger partial charge < -0.3 is 16.2 Å². The summed E-state index contributed by atoms with van der Waals surface area (Å²) in [5, 5.41) is 12.5. The molecule has 0 heterocycles. The third-order valence-electron chi connectivity index (χ3n) is 3.11. The van der Waals surface area contributed by atoms with Crippen LogP contribution >= 0.6 is 12.4 Å². The predicted octanol–water partition coefficient (Wildman–Crippen LogP) is 2.17. The highest BCUT2D eigenvalue weighted by atomic mass is 35.5. The van der Waals surface area contributed by atoms with E-state index in [0.29, 0.717) is 12.1 Å². The van der Waals surface area contributed by atoms with Gasteiger partial charge in [-0.1, -0.05) is 48.5 Å². The van der Waals surface area contributed by atoms with Gasteiger partial charge in [-0.15, -0.1) is 12.4 Å². The molecular formula is C16H19ClN2O2. The Morgan fingerprint density at radius 1 is 1.10 bits per heavy atom. The molecule has 2 aromatic carbocycles. The minimum absolute atomic E-state index is 0. The number of phenolic OH excluding ortho intramolecular Hbond substituents is 1. The topological polar surface area (TPSA) is 75.4 Å². The highest BCUT2D eigenvalue weighted by Crippen LogP contribution is 2.21. The maximum Gasteiger partial charge on any atom is 0.241 e. The zero-order valence-corrected chi connectivity index (χ0v) is 12.3. The van der Waals surface area contributed by atoms with E-state index in [0.717, 1.165) is 12.0 Å². The molecular weight excluding hydrogens is 288 g/mol. The SMILES string of the molecule is Cl.NC(C(=O)NCCc1ccccc1)c1ccccc1O. The molecule has 4 N–H and O–H groups in total. The number of nitrogens with two attached hydrogens (primary N) is 1. The van der Waals surface area contributed by atoms with Crippen molar-refractivity contribution in [3.8, 4) is 5.75 Å². The third kappa shape index (κ3) is 4.77. The van der Waals surface area contributed by atoms with E-state index in [9.17, 15) is 9.90 Å². The summed E-state index contributed by atoms with van der Waals surface area (Å²) in [6.07, 6.45) is 0.750.